The van der Waals surface area contributed by atoms with E-state index in [1.807, 2.05) is 0 Å². The monoisotopic (exact) mass is 523 g/mol. The molecule has 0 amide bonds. The highest BCUT2D eigenvalue weighted by molar-refractivity contribution is 8.37. The summed E-state index contributed by atoms with van der Waals surface area (Å²) in [6.45, 7) is 2.23. The highest BCUT2D eigenvalue weighted by atomic mass is 32.3. The molecule has 0 radical (unpaired) electrons. The van der Waals surface area contributed by atoms with E-state index < -0.39 is 10.0 Å². The van der Waals surface area contributed by atoms with Gasteiger partial charge >= 0.3 is 0 Å². The zero-order chi connectivity index (χ0) is 26.2. The Hall–Kier alpha value is -4.01. The SMILES string of the molecule is Cc1cccc(S(C2=CC=CCC2)(c2ccccc2)C2C=Cc3c(c4ccccc4n3-c3ccccc3)C2)c1. The van der Waals surface area contributed by atoms with Crippen molar-refractivity contribution < 1.29 is 0 Å². The van der Waals surface area contributed by atoms with Crippen LogP contribution in [0, 0.1) is 6.92 Å². The Morgan fingerprint density at radius 3 is 2.28 bits per heavy atom. The van der Waals surface area contributed by atoms with Gasteiger partial charge in [-0.1, -0.05) is 96.6 Å². The first-order valence-electron chi connectivity index (χ1n) is 13.9. The number of benzene rings is 4. The van der Waals surface area contributed by atoms with Crippen LogP contribution < -0.4 is 0 Å². The number of para-hydroxylation sites is 2. The molecule has 0 N–H and O–H groups in total. The Bertz CT molecular complexity index is 1740. The van der Waals surface area contributed by atoms with E-state index in [2.05, 4.69) is 151 Å². The largest absolute Gasteiger partial charge is 0.310 e. The van der Waals surface area contributed by atoms with Crippen molar-refractivity contribution in [2.45, 2.75) is 41.2 Å². The van der Waals surface area contributed by atoms with Gasteiger partial charge in [0.05, 0.1) is 5.52 Å². The van der Waals surface area contributed by atoms with E-state index in [1.165, 1.54) is 43.2 Å². The molecule has 7 rings (SSSR count). The normalized spacial score (nSPS) is 18.8. The van der Waals surface area contributed by atoms with Crippen LogP contribution in [0.4, 0.5) is 0 Å². The van der Waals surface area contributed by atoms with E-state index in [1.54, 1.807) is 4.91 Å². The molecule has 2 aliphatic carbocycles. The van der Waals surface area contributed by atoms with Gasteiger partial charge in [0.2, 0.25) is 0 Å². The first kappa shape index (κ1) is 24.1. The molecule has 1 heterocycles. The summed E-state index contributed by atoms with van der Waals surface area (Å²) in [4.78, 5) is 4.52. The molecule has 0 bridgehead atoms. The third kappa shape index (κ3) is 3.94. The van der Waals surface area contributed by atoms with Crippen LogP contribution in [-0.2, 0) is 6.42 Å². The lowest BCUT2D eigenvalue weighted by atomic mass is 10.0. The van der Waals surface area contributed by atoms with Gasteiger partial charge in [0.15, 0.2) is 0 Å². The molecule has 2 atom stereocenters. The number of fused-ring (bicyclic) bond motifs is 3. The Labute approximate surface area is 233 Å². The van der Waals surface area contributed by atoms with Crippen molar-refractivity contribution in [3.63, 3.8) is 0 Å². The minimum atomic E-state index is -1.53. The lowest BCUT2D eigenvalue weighted by Gasteiger charge is -2.49. The molecule has 2 aliphatic rings. The van der Waals surface area contributed by atoms with E-state index in [0.717, 1.165) is 19.3 Å². The van der Waals surface area contributed by atoms with Crippen LogP contribution in [0.5, 0.6) is 0 Å². The molecule has 1 nitrogen and oxygen atoms in total. The van der Waals surface area contributed by atoms with Crippen LogP contribution in [0.2, 0.25) is 0 Å². The van der Waals surface area contributed by atoms with Gasteiger partial charge in [-0.2, -0.15) is 10.0 Å². The van der Waals surface area contributed by atoms with Gasteiger partial charge in [-0.25, -0.2) is 0 Å². The Kier molecular flexibility index (Phi) is 6.14. The number of aromatic nitrogens is 1. The van der Waals surface area contributed by atoms with Gasteiger partial charge in [0.25, 0.3) is 0 Å². The molecule has 39 heavy (non-hydrogen) atoms. The summed E-state index contributed by atoms with van der Waals surface area (Å²) in [5, 5.41) is 1.73. The molecule has 1 aromatic heterocycles. The summed E-state index contributed by atoms with van der Waals surface area (Å²) in [6, 6.07) is 40.5. The molecule has 5 aromatic rings. The number of rotatable bonds is 5. The summed E-state index contributed by atoms with van der Waals surface area (Å²) in [6.07, 6.45) is 15.2. The van der Waals surface area contributed by atoms with Crippen LogP contribution in [-0.4, -0.2) is 9.82 Å². The highest BCUT2D eigenvalue weighted by Gasteiger charge is 2.41. The second-order valence-electron chi connectivity index (χ2n) is 10.5. The third-order valence-electron chi connectivity index (χ3n) is 8.23. The van der Waals surface area contributed by atoms with Crippen molar-refractivity contribution in [3.05, 3.63) is 155 Å². The fourth-order valence-corrected chi connectivity index (χ4v) is 11.2. The maximum Gasteiger partial charge on any atom is 0.0537 e. The number of aryl methyl sites for hydroxylation is 1. The number of hydrogen-bond donors (Lipinski definition) is 0. The summed E-state index contributed by atoms with van der Waals surface area (Å²) < 4.78 is 2.45. The molecule has 0 aliphatic heterocycles. The van der Waals surface area contributed by atoms with Gasteiger partial charge < -0.3 is 4.57 Å². The maximum absolute atomic E-state index is 2.55. The van der Waals surface area contributed by atoms with E-state index in [4.69, 9.17) is 0 Å². The van der Waals surface area contributed by atoms with Crippen LogP contribution >= 0.6 is 10.0 Å². The smallest absolute Gasteiger partial charge is 0.0537 e. The topological polar surface area (TPSA) is 4.93 Å². The molecule has 2 heteroatoms. The van der Waals surface area contributed by atoms with E-state index in [0.29, 0.717) is 5.25 Å². The molecular formula is C37H33NS. The predicted molar refractivity (Wildman–Crippen MR) is 168 cm³/mol. The van der Waals surface area contributed by atoms with E-state index in [-0.39, 0.29) is 0 Å². The number of nitrogens with zero attached hydrogens (tertiary/aromatic N) is 1. The summed E-state index contributed by atoms with van der Waals surface area (Å²) in [7, 11) is -1.53. The number of hydrogen-bond acceptors (Lipinski definition) is 0. The van der Waals surface area contributed by atoms with Crippen LogP contribution in [0.15, 0.2) is 148 Å². The lowest BCUT2D eigenvalue weighted by molar-refractivity contribution is 0.949. The Balaban J connectivity index is 1.49. The highest BCUT2D eigenvalue weighted by Crippen LogP contribution is 2.73. The van der Waals surface area contributed by atoms with Gasteiger partial charge in [-0.15, -0.1) is 0 Å². The predicted octanol–water partition coefficient (Wildman–Crippen LogP) is 10.0. The quantitative estimate of drug-likeness (QED) is 0.216. The average Bonchev–Trinajstić information content (AvgIpc) is 3.33. The zero-order valence-corrected chi connectivity index (χ0v) is 23.1. The molecule has 4 aromatic carbocycles. The van der Waals surface area contributed by atoms with Crippen LogP contribution in [0.25, 0.3) is 22.7 Å². The van der Waals surface area contributed by atoms with Gasteiger partial charge in [-0.3, -0.25) is 0 Å². The van der Waals surface area contributed by atoms with Crippen molar-refractivity contribution in [1.82, 2.24) is 4.57 Å². The average molecular weight is 524 g/mol. The molecule has 0 saturated heterocycles. The Morgan fingerprint density at radius 1 is 0.769 bits per heavy atom. The first-order chi connectivity index (χ1) is 19.3. The second-order valence-corrected chi connectivity index (χ2v) is 13.9. The van der Waals surface area contributed by atoms with Gasteiger partial charge in [0, 0.05) is 22.0 Å². The third-order valence-corrected chi connectivity index (χ3v) is 12.6. The molecule has 0 spiro atoms. The van der Waals surface area contributed by atoms with Crippen molar-refractivity contribution in [2.75, 3.05) is 0 Å². The molecule has 2 unspecified atom stereocenters. The molecule has 0 saturated carbocycles. The van der Waals surface area contributed by atoms with Crippen molar-refractivity contribution >= 4 is 27.0 Å². The number of allylic oxidation sites excluding steroid dienone is 4. The molecule has 192 valence electrons. The summed E-state index contributed by atoms with van der Waals surface area (Å²) in [5.74, 6) is 0. The van der Waals surface area contributed by atoms with Gasteiger partial charge in [0.1, 0.15) is 0 Å². The minimum Gasteiger partial charge on any atom is -0.310 e. The molecule has 0 fully saturated rings. The summed E-state index contributed by atoms with van der Waals surface area (Å²) >= 11 is 0. The minimum absolute atomic E-state index is 0.363. The van der Waals surface area contributed by atoms with Crippen LogP contribution in [0.3, 0.4) is 0 Å². The Morgan fingerprint density at radius 2 is 1.51 bits per heavy atom. The fraction of sp³-hybridized carbons (Fsp3) is 0.135. The van der Waals surface area contributed by atoms with E-state index in [9.17, 15) is 0 Å². The first-order valence-corrected chi connectivity index (χ1v) is 15.6. The van der Waals surface area contributed by atoms with Crippen LogP contribution in [0.1, 0.15) is 29.7 Å². The van der Waals surface area contributed by atoms with E-state index >= 15 is 0 Å². The summed E-state index contributed by atoms with van der Waals surface area (Å²) in [5.41, 5.74) is 6.62. The standard InChI is InChI=1S/C37H33NS/c1-28-14-13-21-32(26-28)39(30-17-7-3-8-18-30,31-19-9-4-10-20-31)33-24-25-37-35(27-33)34-22-11-12-23-36(34)38(37)29-15-5-2-6-16-29/h2-9,11-19,21-26,33H,10,20,27H2,1H3. The van der Waals surface area contributed by atoms with Gasteiger partial charge in [-0.05, 0) is 95.0 Å². The fourth-order valence-electron chi connectivity index (χ4n) is 6.56. The lowest BCUT2D eigenvalue weighted by Crippen LogP contribution is -2.24. The maximum atomic E-state index is 2.55. The van der Waals surface area contributed by atoms with Crippen molar-refractivity contribution in [2.24, 2.45) is 0 Å². The van der Waals surface area contributed by atoms with Crippen molar-refractivity contribution in [1.29, 1.82) is 0 Å². The zero-order valence-electron chi connectivity index (χ0n) is 22.3. The molecular weight excluding hydrogens is 490 g/mol. The second kappa shape index (κ2) is 9.94. The van der Waals surface area contributed by atoms with Crippen molar-refractivity contribution in [3.8, 4) is 5.69 Å².